The number of rotatable bonds is 12. The van der Waals surface area contributed by atoms with Crippen molar-refractivity contribution >= 4 is 5.82 Å². The van der Waals surface area contributed by atoms with Gasteiger partial charge in [-0.05, 0) is 19.5 Å². The van der Waals surface area contributed by atoms with E-state index in [-0.39, 0.29) is 0 Å². The maximum Gasteiger partial charge on any atom is 0.218 e. The molecule has 0 radical (unpaired) electrons. The summed E-state index contributed by atoms with van der Waals surface area (Å²) >= 11 is 0. The molecule has 0 saturated carbocycles. The Morgan fingerprint density at radius 2 is 1.91 bits per heavy atom. The van der Waals surface area contributed by atoms with E-state index >= 15 is 0 Å². The van der Waals surface area contributed by atoms with E-state index in [1.165, 1.54) is 0 Å². The number of nitrogens with zero attached hydrogens (tertiary/aromatic N) is 3. The molecule has 0 spiro atoms. The van der Waals surface area contributed by atoms with E-state index in [0.29, 0.717) is 19.1 Å². The third kappa shape index (κ3) is 7.04. The molecular weight excluding hydrogens is 280 g/mol. The second kappa shape index (κ2) is 11.2. The third-order valence-electron chi connectivity index (χ3n) is 3.39. The van der Waals surface area contributed by atoms with Gasteiger partial charge in [0.25, 0.3) is 0 Å². The van der Waals surface area contributed by atoms with Crippen molar-refractivity contribution in [2.75, 3.05) is 51.8 Å². The lowest BCUT2D eigenvalue weighted by Gasteiger charge is -2.18. The minimum atomic E-state index is 0.498. The normalized spacial score (nSPS) is 11.0. The molecule has 1 N–H and O–H groups in total. The lowest BCUT2D eigenvalue weighted by Crippen LogP contribution is -2.28. The monoisotopic (exact) mass is 310 g/mol. The van der Waals surface area contributed by atoms with Crippen molar-refractivity contribution in [2.24, 2.45) is 0 Å². The van der Waals surface area contributed by atoms with Gasteiger partial charge in [-0.2, -0.15) is 4.98 Å². The number of hydrogen-bond donors (Lipinski definition) is 1. The highest BCUT2D eigenvalue weighted by atomic mass is 16.5. The molecule has 0 aliphatic carbocycles. The van der Waals surface area contributed by atoms with Crippen molar-refractivity contribution in [3.05, 3.63) is 11.9 Å². The molecule has 22 heavy (non-hydrogen) atoms. The molecule has 0 amide bonds. The topological polar surface area (TPSA) is 59.5 Å². The van der Waals surface area contributed by atoms with Crippen LogP contribution in [0.3, 0.4) is 0 Å². The van der Waals surface area contributed by atoms with Crippen LogP contribution in [0.5, 0.6) is 5.88 Å². The summed E-state index contributed by atoms with van der Waals surface area (Å²) in [5.41, 5.74) is 0. The first-order valence-corrected chi connectivity index (χ1v) is 8.19. The zero-order chi connectivity index (χ0) is 16.2. The SMILES string of the molecule is CCCc1nc(NCCN(CC)CC)cc(OCCOC)n1. The highest BCUT2D eigenvalue weighted by Gasteiger charge is 2.06. The number of methoxy groups -OCH3 is 1. The highest BCUT2D eigenvalue weighted by molar-refractivity contribution is 5.38. The van der Waals surface area contributed by atoms with Crippen molar-refractivity contribution in [3.8, 4) is 5.88 Å². The fourth-order valence-electron chi connectivity index (χ4n) is 2.08. The predicted molar refractivity (Wildman–Crippen MR) is 89.7 cm³/mol. The van der Waals surface area contributed by atoms with E-state index in [9.17, 15) is 0 Å². The molecule has 6 heteroatoms. The number of nitrogens with one attached hydrogen (secondary N) is 1. The quantitative estimate of drug-likeness (QED) is 0.597. The fraction of sp³-hybridized carbons (Fsp3) is 0.750. The van der Waals surface area contributed by atoms with Gasteiger partial charge in [0.15, 0.2) is 0 Å². The van der Waals surface area contributed by atoms with E-state index in [1.54, 1.807) is 7.11 Å². The van der Waals surface area contributed by atoms with Crippen LogP contribution in [0, 0.1) is 0 Å². The van der Waals surface area contributed by atoms with Crippen LogP contribution < -0.4 is 10.1 Å². The van der Waals surface area contributed by atoms with Gasteiger partial charge in [0.1, 0.15) is 18.2 Å². The van der Waals surface area contributed by atoms with Crippen molar-refractivity contribution in [1.82, 2.24) is 14.9 Å². The first-order valence-electron chi connectivity index (χ1n) is 8.19. The number of likely N-dealkylation sites (N-methyl/N-ethyl adjacent to an activating group) is 1. The van der Waals surface area contributed by atoms with Crippen molar-refractivity contribution < 1.29 is 9.47 Å². The Morgan fingerprint density at radius 3 is 2.55 bits per heavy atom. The molecule has 126 valence electrons. The van der Waals surface area contributed by atoms with Crippen LogP contribution in [-0.4, -0.2) is 61.4 Å². The summed E-state index contributed by atoms with van der Waals surface area (Å²) in [4.78, 5) is 11.4. The van der Waals surface area contributed by atoms with Gasteiger partial charge in [0.2, 0.25) is 5.88 Å². The summed E-state index contributed by atoms with van der Waals surface area (Å²) in [5.74, 6) is 2.27. The van der Waals surface area contributed by atoms with E-state index in [4.69, 9.17) is 9.47 Å². The highest BCUT2D eigenvalue weighted by Crippen LogP contribution is 2.14. The average Bonchev–Trinajstić information content (AvgIpc) is 2.52. The smallest absolute Gasteiger partial charge is 0.218 e. The molecule has 0 aliphatic heterocycles. The Hall–Kier alpha value is -1.40. The molecule has 0 bridgehead atoms. The largest absolute Gasteiger partial charge is 0.475 e. The maximum absolute atomic E-state index is 5.62. The molecule has 0 aliphatic rings. The summed E-state index contributed by atoms with van der Waals surface area (Å²) in [6, 6.07) is 1.86. The molecule has 0 aromatic carbocycles. The number of aromatic nitrogens is 2. The van der Waals surface area contributed by atoms with Gasteiger partial charge < -0.3 is 19.7 Å². The lowest BCUT2D eigenvalue weighted by molar-refractivity contribution is 0.143. The first-order chi connectivity index (χ1) is 10.7. The molecule has 1 rings (SSSR count). The third-order valence-corrected chi connectivity index (χ3v) is 3.39. The summed E-state index contributed by atoms with van der Waals surface area (Å²) in [7, 11) is 1.66. The van der Waals surface area contributed by atoms with Gasteiger partial charge in [-0.1, -0.05) is 20.8 Å². The van der Waals surface area contributed by atoms with E-state index < -0.39 is 0 Å². The van der Waals surface area contributed by atoms with Gasteiger partial charge in [0, 0.05) is 32.7 Å². The second-order valence-electron chi connectivity index (χ2n) is 5.05. The molecule has 0 atom stereocenters. The van der Waals surface area contributed by atoms with Crippen LogP contribution >= 0.6 is 0 Å². The molecule has 0 fully saturated rings. The number of hydrogen-bond acceptors (Lipinski definition) is 6. The van der Waals surface area contributed by atoms with E-state index in [1.807, 2.05) is 6.07 Å². The van der Waals surface area contributed by atoms with Crippen molar-refractivity contribution in [3.63, 3.8) is 0 Å². The summed E-state index contributed by atoms with van der Waals surface area (Å²) in [6.45, 7) is 11.5. The predicted octanol–water partition coefficient (Wildman–Crippen LogP) is 2.21. The molecule has 0 unspecified atom stereocenters. The summed E-state index contributed by atoms with van der Waals surface area (Å²) in [5, 5.41) is 3.37. The van der Waals surface area contributed by atoms with Gasteiger partial charge in [0.05, 0.1) is 6.61 Å². The zero-order valence-electron chi connectivity index (χ0n) is 14.4. The van der Waals surface area contributed by atoms with Crippen LogP contribution in [0.1, 0.15) is 33.0 Å². The maximum atomic E-state index is 5.62. The van der Waals surface area contributed by atoms with Gasteiger partial charge in [-0.15, -0.1) is 0 Å². The second-order valence-corrected chi connectivity index (χ2v) is 5.05. The van der Waals surface area contributed by atoms with Crippen molar-refractivity contribution in [1.29, 1.82) is 0 Å². The molecule has 6 nitrogen and oxygen atoms in total. The molecule has 1 aromatic heterocycles. The van der Waals surface area contributed by atoms with Crippen LogP contribution in [0.25, 0.3) is 0 Å². The number of aryl methyl sites for hydroxylation is 1. The van der Waals surface area contributed by atoms with Crippen LogP contribution in [0.2, 0.25) is 0 Å². The fourth-order valence-corrected chi connectivity index (χ4v) is 2.08. The number of anilines is 1. The summed E-state index contributed by atoms with van der Waals surface area (Å²) < 4.78 is 10.6. The average molecular weight is 310 g/mol. The Morgan fingerprint density at radius 1 is 1.14 bits per heavy atom. The van der Waals surface area contributed by atoms with E-state index in [2.05, 4.69) is 41.0 Å². The minimum absolute atomic E-state index is 0.498. The molecular formula is C16H30N4O2. The Labute approximate surface area is 134 Å². The molecule has 1 aromatic rings. The Bertz CT molecular complexity index is 411. The first kappa shape index (κ1) is 18.6. The van der Waals surface area contributed by atoms with Crippen LogP contribution in [-0.2, 0) is 11.2 Å². The van der Waals surface area contributed by atoms with Crippen LogP contribution in [0.15, 0.2) is 6.07 Å². The molecule has 1 heterocycles. The van der Waals surface area contributed by atoms with Crippen molar-refractivity contribution in [2.45, 2.75) is 33.6 Å². The zero-order valence-corrected chi connectivity index (χ0v) is 14.4. The minimum Gasteiger partial charge on any atom is -0.475 e. The summed E-state index contributed by atoms with van der Waals surface area (Å²) in [6.07, 6.45) is 1.87. The van der Waals surface area contributed by atoms with Gasteiger partial charge in [-0.25, -0.2) is 4.98 Å². The van der Waals surface area contributed by atoms with Gasteiger partial charge in [-0.3, -0.25) is 0 Å². The standard InChI is InChI=1S/C16H30N4O2/c1-5-8-14-18-15(17-9-10-20(6-2)7-3)13-16(19-14)22-12-11-21-4/h13H,5-12H2,1-4H3,(H,17,18,19). The lowest BCUT2D eigenvalue weighted by atomic mass is 10.3. The van der Waals surface area contributed by atoms with Crippen LogP contribution in [0.4, 0.5) is 5.82 Å². The molecule has 0 saturated heterocycles. The van der Waals surface area contributed by atoms with E-state index in [0.717, 1.165) is 50.7 Å². The number of ether oxygens (including phenoxy) is 2. The van der Waals surface area contributed by atoms with Gasteiger partial charge >= 0.3 is 0 Å². The Kier molecular flexibility index (Phi) is 9.50. The Balaban J connectivity index is 2.62.